The molecule has 0 saturated carbocycles. The lowest BCUT2D eigenvalue weighted by atomic mass is 9.85. The van der Waals surface area contributed by atoms with Crippen LogP contribution in [0.3, 0.4) is 0 Å². The van der Waals surface area contributed by atoms with Crippen LogP contribution in [0, 0.1) is 0 Å². The highest BCUT2D eigenvalue weighted by Crippen LogP contribution is 2.29. The number of hydrogen-bond donors (Lipinski definition) is 2. The van der Waals surface area contributed by atoms with Crippen LogP contribution in [-0.4, -0.2) is 11.7 Å². The fraction of sp³-hybridized carbons (Fsp3) is 0.217. The van der Waals surface area contributed by atoms with E-state index in [1.165, 1.54) is 11.1 Å². The molecular formula is C23H26ClNO. The second-order valence-corrected chi connectivity index (χ2v) is 6.37. The Morgan fingerprint density at radius 3 is 1.85 bits per heavy atom. The minimum Gasteiger partial charge on any atom is -0.379 e. The lowest BCUT2D eigenvalue weighted by Crippen LogP contribution is -2.39. The van der Waals surface area contributed by atoms with E-state index in [4.69, 9.17) is 0 Å². The van der Waals surface area contributed by atoms with Crippen molar-refractivity contribution in [1.82, 2.24) is 5.32 Å². The first-order valence-corrected chi connectivity index (χ1v) is 8.84. The Bertz CT molecular complexity index is 774. The van der Waals surface area contributed by atoms with Gasteiger partial charge in [0.25, 0.3) is 0 Å². The summed E-state index contributed by atoms with van der Waals surface area (Å²) < 4.78 is 0. The Hall–Kier alpha value is -2.13. The molecule has 0 heterocycles. The molecule has 0 saturated heterocycles. The van der Waals surface area contributed by atoms with Gasteiger partial charge in [-0.3, -0.25) is 0 Å². The molecule has 3 heteroatoms. The number of halogens is 1. The third-order valence-electron chi connectivity index (χ3n) is 4.64. The van der Waals surface area contributed by atoms with E-state index in [-0.39, 0.29) is 12.4 Å². The molecule has 2 N–H and O–H groups in total. The van der Waals surface area contributed by atoms with E-state index in [1.54, 1.807) is 0 Å². The first-order chi connectivity index (χ1) is 12.2. The number of aliphatic hydroxyl groups is 1. The zero-order valence-corrected chi connectivity index (χ0v) is 15.9. The molecule has 0 bridgehead atoms. The highest BCUT2D eigenvalue weighted by Gasteiger charge is 2.31. The summed E-state index contributed by atoms with van der Waals surface area (Å²) in [4.78, 5) is 0. The molecule has 0 amide bonds. The van der Waals surface area contributed by atoms with E-state index in [0.29, 0.717) is 6.54 Å². The van der Waals surface area contributed by atoms with Gasteiger partial charge in [0.2, 0.25) is 0 Å². The molecule has 0 aliphatic carbocycles. The van der Waals surface area contributed by atoms with Gasteiger partial charge < -0.3 is 10.4 Å². The Morgan fingerprint density at radius 1 is 0.731 bits per heavy atom. The highest BCUT2D eigenvalue weighted by molar-refractivity contribution is 5.85. The maximum atomic E-state index is 11.5. The van der Waals surface area contributed by atoms with Gasteiger partial charge in [0.15, 0.2) is 0 Å². The van der Waals surface area contributed by atoms with Crippen LogP contribution in [-0.2, 0) is 18.6 Å². The Labute approximate surface area is 162 Å². The molecule has 0 spiro atoms. The maximum absolute atomic E-state index is 11.5. The summed E-state index contributed by atoms with van der Waals surface area (Å²) >= 11 is 0. The Morgan fingerprint density at radius 2 is 1.27 bits per heavy atom. The monoisotopic (exact) mass is 367 g/mol. The van der Waals surface area contributed by atoms with Gasteiger partial charge in [-0.25, -0.2) is 0 Å². The summed E-state index contributed by atoms with van der Waals surface area (Å²) in [7, 11) is 0. The van der Waals surface area contributed by atoms with Crippen molar-refractivity contribution >= 4 is 12.4 Å². The Kier molecular flexibility index (Phi) is 7.40. The van der Waals surface area contributed by atoms with Gasteiger partial charge in [-0.2, -0.15) is 0 Å². The lowest BCUT2D eigenvalue weighted by molar-refractivity contribution is 0.0796. The fourth-order valence-electron chi connectivity index (χ4n) is 3.08. The van der Waals surface area contributed by atoms with E-state index < -0.39 is 5.60 Å². The standard InChI is InChI=1S/C23H25NO.ClH/c1-2-19-13-15-22(16-14-19)23(25,21-11-7-4-8-12-21)18-24-17-20-9-5-3-6-10-20;/h3-16,24-25H,2,17-18H2,1H3;1H. The smallest absolute Gasteiger partial charge is 0.127 e. The third-order valence-corrected chi connectivity index (χ3v) is 4.64. The van der Waals surface area contributed by atoms with E-state index in [1.807, 2.05) is 60.7 Å². The highest BCUT2D eigenvalue weighted by atomic mass is 35.5. The predicted molar refractivity (Wildman–Crippen MR) is 111 cm³/mol. The van der Waals surface area contributed by atoms with Crippen molar-refractivity contribution in [2.24, 2.45) is 0 Å². The molecule has 2 nitrogen and oxygen atoms in total. The van der Waals surface area contributed by atoms with Gasteiger partial charge in [-0.05, 0) is 28.7 Å². The summed E-state index contributed by atoms with van der Waals surface area (Å²) in [6.07, 6.45) is 0.996. The summed E-state index contributed by atoms with van der Waals surface area (Å²) in [5, 5.41) is 15.0. The van der Waals surface area contributed by atoms with E-state index in [2.05, 4.69) is 36.5 Å². The summed E-state index contributed by atoms with van der Waals surface area (Å²) in [5.74, 6) is 0. The van der Waals surface area contributed by atoms with Crippen molar-refractivity contribution in [1.29, 1.82) is 0 Å². The first-order valence-electron chi connectivity index (χ1n) is 8.84. The zero-order chi connectivity index (χ0) is 17.5. The van der Waals surface area contributed by atoms with Crippen LogP contribution in [0.5, 0.6) is 0 Å². The number of hydrogen-bond acceptors (Lipinski definition) is 2. The van der Waals surface area contributed by atoms with Crippen molar-refractivity contribution in [3.63, 3.8) is 0 Å². The average molecular weight is 368 g/mol. The largest absolute Gasteiger partial charge is 0.379 e. The number of rotatable bonds is 7. The van der Waals surface area contributed by atoms with Crippen LogP contribution in [0.2, 0.25) is 0 Å². The van der Waals surface area contributed by atoms with E-state index in [0.717, 1.165) is 24.1 Å². The van der Waals surface area contributed by atoms with Crippen LogP contribution in [0.25, 0.3) is 0 Å². The van der Waals surface area contributed by atoms with Gasteiger partial charge >= 0.3 is 0 Å². The average Bonchev–Trinajstić information content (AvgIpc) is 2.69. The zero-order valence-electron chi connectivity index (χ0n) is 15.1. The first kappa shape index (κ1) is 20.2. The molecule has 3 aromatic carbocycles. The molecular weight excluding hydrogens is 342 g/mol. The van der Waals surface area contributed by atoms with Crippen molar-refractivity contribution in [3.8, 4) is 0 Å². The molecule has 0 aliphatic rings. The number of nitrogens with one attached hydrogen (secondary N) is 1. The molecule has 1 atom stereocenters. The van der Waals surface area contributed by atoms with Gasteiger partial charge in [0.05, 0.1) is 0 Å². The minimum atomic E-state index is -1.05. The van der Waals surface area contributed by atoms with Gasteiger partial charge in [-0.15, -0.1) is 12.4 Å². The minimum absolute atomic E-state index is 0. The lowest BCUT2D eigenvalue weighted by Gasteiger charge is -2.30. The predicted octanol–water partition coefficient (Wildman–Crippen LogP) is 4.70. The second kappa shape index (κ2) is 9.54. The molecule has 0 fully saturated rings. The van der Waals surface area contributed by atoms with Crippen molar-refractivity contribution < 1.29 is 5.11 Å². The number of benzene rings is 3. The number of aryl methyl sites for hydroxylation is 1. The second-order valence-electron chi connectivity index (χ2n) is 6.37. The Balaban J connectivity index is 0.00000243. The molecule has 1 unspecified atom stereocenters. The van der Waals surface area contributed by atoms with Crippen LogP contribution >= 0.6 is 12.4 Å². The summed E-state index contributed by atoms with van der Waals surface area (Å²) in [5.41, 5.74) is 3.24. The maximum Gasteiger partial charge on any atom is 0.127 e. The molecule has 3 rings (SSSR count). The molecule has 0 aromatic heterocycles. The molecule has 136 valence electrons. The van der Waals surface area contributed by atoms with Crippen LogP contribution in [0.1, 0.15) is 29.2 Å². The fourth-order valence-corrected chi connectivity index (χ4v) is 3.08. The molecule has 3 aromatic rings. The van der Waals surface area contributed by atoms with Crippen LogP contribution < -0.4 is 5.32 Å². The van der Waals surface area contributed by atoms with Gasteiger partial charge in [-0.1, -0.05) is 91.9 Å². The van der Waals surface area contributed by atoms with Gasteiger partial charge in [0.1, 0.15) is 5.60 Å². The van der Waals surface area contributed by atoms with E-state index >= 15 is 0 Å². The van der Waals surface area contributed by atoms with Crippen molar-refractivity contribution in [3.05, 3.63) is 107 Å². The summed E-state index contributed by atoms with van der Waals surface area (Å²) in [6, 6.07) is 28.4. The summed E-state index contributed by atoms with van der Waals surface area (Å²) in [6.45, 7) is 3.32. The van der Waals surface area contributed by atoms with E-state index in [9.17, 15) is 5.11 Å². The van der Waals surface area contributed by atoms with Crippen molar-refractivity contribution in [2.75, 3.05) is 6.54 Å². The normalized spacial score (nSPS) is 12.8. The molecule has 26 heavy (non-hydrogen) atoms. The van der Waals surface area contributed by atoms with Crippen molar-refractivity contribution in [2.45, 2.75) is 25.5 Å². The molecule has 0 aliphatic heterocycles. The SMILES string of the molecule is CCc1ccc(C(O)(CNCc2ccccc2)c2ccccc2)cc1.Cl. The van der Waals surface area contributed by atoms with Crippen LogP contribution in [0.15, 0.2) is 84.9 Å². The third kappa shape index (κ3) is 4.73. The van der Waals surface area contributed by atoms with Gasteiger partial charge in [0, 0.05) is 13.1 Å². The quantitative estimate of drug-likeness (QED) is 0.634. The van der Waals surface area contributed by atoms with Crippen LogP contribution in [0.4, 0.5) is 0 Å². The topological polar surface area (TPSA) is 32.3 Å². The molecule has 0 radical (unpaired) electrons.